The van der Waals surface area contributed by atoms with E-state index in [9.17, 15) is 14.4 Å². The lowest BCUT2D eigenvalue weighted by atomic mass is 9.75. The average molecular weight is 476 g/mol. The predicted octanol–water partition coefficient (Wildman–Crippen LogP) is 2.47. The minimum Gasteiger partial charge on any atom is -0.352 e. The smallest absolute Gasteiger partial charge is 0.241 e. The van der Waals surface area contributed by atoms with Gasteiger partial charge in [-0.1, -0.05) is 36.4 Å². The third-order valence-electron chi connectivity index (χ3n) is 6.59. The van der Waals surface area contributed by atoms with Crippen molar-refractivity contribution in [3.63, 3.8) is 0 Å². The molecule has 3 aromatic rings. The Morgan fingerprint density at radius 2 is 1.79 bits per heavy atom. The molecule has 2 aliphatic rings. The quantitative estimate of drug-likeness (QED) is 0.509. The van der Waals surface area contributed by atoms with Crippen LogP contribution in [0.4, 0.5) is 5.82 Å². The third kappa shape index (κ3) is 4.19. The van der Waals surface area contributed by atoms with Gasteiger partial charge in [-0.05, 0) is 17.0 Å². The zero-order chi connectivity index (χ0) is 23.5. The second-order valence-electron chi connectivity index (χ2n) is 8.60. The fraction of sp³-hybridized carbons (Fsp3) is 0.320. The molecule has 4 heterocycles. The number of anilines is 1. The standard InChI is InChI=1S/C25H25N5O3S/c31-22(29-12-10-28(11-13-29)21-17-26-8-9-27-21)15-25(19-5-2-1-3-6-19)16-23(32)30(24(25)33)18-20-7-4-14-34-20/h1-9,14,17H,10-13,15-16,18H2. The van der Waals surface area contributed by atoms with E-state index in [0.29, 0.717) is 31.7 Å². The van der Waals surface area contributed by atoms with Gasteiger partial charge in [-0.3, -0.25) is 24.3 Å². The van der Waals surface area contributed by atoms with Crippen molar-refractivity contribution in [2.45, 2.75) is 24.8 Å². The minimum atomic E-state index is -1.17. The van der Waals surface area contributed by atoms with Crippen molar-refractivity contribution in [1.29, 1.82) is 0 Å². The Labute approximate surface area is 201 Å². The summed E-state index contributed by atoms with van der Waals surface area (Å²) in [6, 6.07) is 13.1. The van der Waals surface area contributed by atoms with Crippen LogP contribution in [0.2, 0.25) is 0 Å². The highest BCUT2D eigenvalue weighted by atomic mass is 32.1. The van der Waals surface area contributed by atoms with Gasteiger partial charge in [0.05, 0.1) is 18.2 Å². The summed E-state index contributed by atoms with van der Waals surface area (Å²) in [5, 5.41) is 1.93. The molecule has 1 atom stereocenters. The molecule has 1 unspecified atom stereocenters. The molecule has 34 heavy (non-hydrogen) atoms. The summed E-state index contributed by atoms with van der Waals surface area (Å²) in [6.07, 6.45) is 4.99. The molecule has 8 nitrogen and oxygen atoms in total. The van der Waals surface area contributed by atoms with Crippen LogP contribution in [0.5, 0.6) is 0 Å². The number of benzene rings is 1. The molecule has 5 rings (SSSR count). The summed E-state index contributed by atoms with van der Waals surface area (Å²) in [4.78, 5) is 54.8. The van der Waals surface area contributed by atoms with Crippen LogP contribution in [-0.2, 0) is 26.3 Å². The Kier molecular flexibility index (Phi) is 6.10. The average Bonchev–Trinajstić information content (AvgIpc) is 3.48. The maximum absolute atomic E-state index is 13.7. The topological polar surface area (TPSA) is 86.7 Å². The molecule has 0 aliphatic carbocycles. The molecule has 0 N–H and O–H groups in total. The van der Waals surface area contributed by atoms with E-state index in [-0.39, 0.29) is 37.1 Å². The van der Waals surface area contributed by atoms with Gasteiger partial charge in [-0.15, -0.1) is 11.3 Å². The van der Waals surface area contributed by atoms with Crippen molar-refractivity contribution >= 4 is 34.9 Å². The Hall–Kier alpha value is -3.59. The van der Waals surface area contributed by atoms with Crippen LogP contribution in [0.25, 0.3) is 0 Å². The number of aromatic nitrogens is 2. The first-order chi connectivity index (χ1) is 16.6. The van der Waals surface area contributed by atoms with E-state index in [0.717, 1.165) is 10.7 Å². The summed E-state index contributed by atoms with van der Waals surface area (Å²) >= 11 is 1.51. The van der Waals surface area contributed by atoms with Gasteiger partial charge in [0.2, 0.25) is 17.7 Å². The first-order valence-corrected chi connectivity index (χ1v) is 12.2. The third-order valence-corrected chi connectivity index (χ3v) is 7.45. The fourth-order valence-corrected chi connectivity index (χ4v) is 5.44. The highest BCUT2D eigenvalue weighted by Crippen LogP contribution is 2.41. The molecular formula is C25H25N5O3S. The van der Waals surface area contributed by atoms with E-state index in [4.69, 9.17) is 0 Å². The van der Waals surface area contributed by atoms with Crippen LogP contribution in [0, 0.1) is 0 Å². The van der Waals surface area contributed by atoms with Gasteiger partial charge in [0.15, 0.2) is 0 Å². The van der Waals surface area contributed by atoms with Gasteiger partial charge in [-0.2, -0.15) is 0 Å². The first kappa shape index (κ1) is 22.2. The highest BCUT2D eigenvalue weighted by Gasteiger charge is 2.54. The van der Waals surface area contributed by atoms with Crippen LogP contribution >= 0.6 is 11.3 Å². The number of nitrogens with zero attached hydrogens (tertiary/aromatic N) is 5. The predicted molar refractivity (Wildman–Crippen MR) is 128 cm³/mol. The zero-order valence-electron chi connectivity index (χ0n) is 18.7. The van der Waals surface area contributed by atoms with E-state index in [1.807, 2.05) is 47.8 Å². The second-order valence-corrected chi connectivity index (χ2v) is 9.63. The van der Waals surface area contributed by atoms with Gasteiger partial charge < -0.3 is 9.80 Å². The molecule has 2 aliphatic heterocycles. The van der Waals surface area contributed by atoms with Gasteiger partial charge in [0.1, 0.15) is 5.82 Å². The van der Waals surface area contributed by atoms with E-state index >= 15 is 0 Å². The van der Waals surface area contributed by atoms with Crippen LogP contribution in [-0.4, -0.2) is 63.7 Å². The number of hydrogen-bond donors (Lipinski definition) is 0. The van der Waals surface area contributed by atoms with Crippen molar-refractivity contribution in [3.8, 4) is 0 Å². The van der Waals surface area contributed by atoms with Crippen molar-refractivity contribution in [2.75, 3.05) is 31.1 Å². The summed E-state index contributed by atoms with van der Waals surface area (Å²) in [5.74, 6) is 0.157. The number of carbonyl (C=O) groups excluding carboxylic acids is 3. The molecule has 0 spiro atoms. The first-order valence-electron chi connectivity index (χ1n) is 11.3. The second kappa shape index (κ2) is 9.34. The molecule has 2 saturated heterocycles. The number of thiophene rings is 1. The SMILES string of the molecule is O=C(CC1(c2ccccc2)CC(=O)N(Cc2cccs2)C1=O)N1CCN(c2cnccn2)CC1. The van der Waals surface area contributed by atoms with Crippen molar-refractivity contribution in [1.82, 2.24) is 19.8 Å². The van der Waals surface area contributed by atoms with Crippen molar-refractivity contribution in [2.24, 2.45) is 0 Å². The lowest BCUT2D eigenvalue weighted by Crippen LogP contribution is -2.51. The van der Waals surface area contributed by atoms with Crippen LogP contribution in [0.1, 0.15) is 23.3 Å². The van der Waals surface area contributed by atoms with Gasteiger partial charge in [-0.25, -0.2) is 4.98 Å². The summed E-state index contributed by atoms with van der Waals surface area (Å²) in [7, 11) is 0. The van der Waals surface area contributed by atoms with Gasteiger partial charge in [0.25, 0.3) is 0 Å². The summed E-state index contributed by atoms with van der Waals surface area (Å²) in [6.45, 7) is 2.58. The molecule has 174 valence electrons. The van der Waals surface area contributed by atoms with E-state index in [1.165, 1.54) is 16.2 Å². The monoisotopic (exact) mass is 475 g/mol. The number of imide groups is 1. The molecule has 1 aromatic carbocycles. The van der Waals surface area contributed by atoms with Gasteiger partial charge in [0, 0.05) is 56.3 Å². The van der Waals surface area contributed by atoms with E-state index in [2.05, 4.69) is 14.9 Å². The molecule has 0 radical (unpaired) electrons. The number of likely N-dealkylation sites (tertiary alicyclic amines) is 1. The maximum Gasteiger partial charge on any atom is 0.241 e. The number of rotatable bonds is 6. The Morgan fingerprint density at radius 1 is 1.00 bits per heavy atom. The maximum atomic E-state index is 13.7. The van der Waals surface area contributed by atoms with Crippen LogP contribution < -0.4 is 4.90 Å². The fourth-order valence-electron chi connectivity index (χ4n) is 4.75. The lowest BCUT2D eigenvalue weighted by Gasteiger charge is -2.37. The molecule has 2 fully saturated rings. The molecule has 9 heteroatoms. The van der Waals surface area contributed by atoms with Crippen molar-refractivity contribution < 1.29 is 14.4 Å². The Morgan fingerprint density at radius 3 is 2.47 bits per heavy atom. The molecule has 2 aromatic heterocycles. The van der Waals surface area contributed by atoms with E-state index < -0.39 is 5.41 Å². The number of carbonyl (C=O) groups is 3. The molecule has 0 bridgehead atoms. The number of piperazine rings is 1. The van der Waals surface area contributed by atoms with Crippen molar-refractivity contribution in [3.05, 3.63) is 76.9 Å². The molecule has 0 saturated carbocycles. The molecular weight excluding hydrogens is 450 g/mol. The zero-order valence-corrected chi connectivity index (χ0v) is 19.5. The Balaban J connectivity index is 1.35. The lowest BCUT2D eigenvalue weighted by molar-refractivity contribution is -0.143. The number of hydrogen-bond acceptors (Lipinski definition) is 7. The Bertz CT molecular complexity index is 1160. The summed E-state index contributed by atoms with van der Waals surface area (Å²) < 4.78 is 0. The normalized spacial score (nSPS) is 20.8. The minimum absolute atomic E-state index is 0.00648. The van der Waals surface area contributed by atoms with Gasteiger partial charge >= 0.3 is 0 Å². The summed E-state index contributed by atoms with van der Waals surface area (Å²) in [5.41, 5.74) is -0.456. The van der Waals surface area contributed by atoms with E-state index in [1.54, 1.807) is 23.5 Å². The molecule has 3 amide bonds. The largest absolute Gasteiger partial charge is 0.352 e. The van der Waals surface area contributed by atoms with Crippen LogP contribution in [0.15, 0.2) is 66.4 Å². The number of amides is 3. The van der Waals surface area contributed by atoms with Crippen LogP contribution in [0.3, 0.4) is 0 Å². The highest BCUT2D eigenvalue weighted by molar-refractivity contribution is 7.09.